The van der Waals surface area contributed by atoms with Gasteiger partial charge in [0.2, 0.25) is 0 Å². The van der Waals surface area contributed by atoms with Crippen LogP contribution in [0.1, 0.15) is 16.7 Å². The Hall–Kier alpha value is -1.13. The number of halogens is 1. The predicted molar refractivity (Wildman–Crippen MR) is 77.5 cm³/mol. The molecule has 3 nitrogen and oxygen atoms in total. The quantitative estimate of drug-likeness (QED) is 0.861. The van der Waals surface area contributed by atoms with E-state index < -0.39 is 0 Å². The van der Waals surface area contributed by atoms with E-state index in [1.807, 2.05) is 10.9 Å². The zero-order valence-corrected chi connectivity index (χ0v) is 12.4. The van der Waals surface area contributed by atoms with E-state index in [4.69, 9.17) is 0 Å². The fourth-order valence-electron chi connectivity index (χ4n) is 1.83. The summed E-state index contributed by atoms with van der Waals surface area (Å²) in [7, 11) is 0. The van der Waals surface area contributed by atoms with Crippen LogP contribution < -0.4 is 5.32 Å². The molecule has 4 heteroatoms. The van der Waals surface area contributed by atoms with Gasteiger partial charge in [0.15, 0.2) is 0 Å². The number of rotatable bonds is 5. The van der Waals surface area contributed by atoms with Crippen molar-refractivity contribution in [2.45, 2.75) is 26.9 Å². The number of hydrogen-bond acceptors (Lipinski definition) is 2. The monoisotopic (exact) mass is 307 g/mol. The van der Waals surface area contributed by atoms with Crippen molar-refractivity contribution in [3.8, 4) is 0 Å². The fourth-order valence-corrected chi connectivity index (χ4v) is 2.08. The third kappa shape index (κ3) is 3.68. The van der Waals surface area contributed by atoms with Crippen molar-refractivity contribution in [3.63, 3.8) is 0 Å². The highest BCUT2D eigenvalue weighted by molar-refractivity contribution is 9.10. The van der Waals surface area contributed by atoms with Crippen molar-refractivity contribution in [1.82, 2.24) is 15.1 Å². The number of benzene rings is 1. The average Bonchev–Trinajstić information content (AvgIpc) is 2.75. The standard InChI is InChI=1S/C14H18BrN3/c1-11-8-17-18(10-11)6-5-16-9-13-3-4-14(15)12(2)7-13/h3-4,7-8,10,16H,5-6,9H2,1-2H3. The topological polar surface area (TPSA) is 29.9 Å². The molecular formula is C14H18BrN3. The number of nitrogens with zero attached hydrogens (tertiary/aromatic N) is 2. The molecule has 0 bridgehead atoms. The van der Waals surface area contributed by atoms with Gasteiger partial charge in [0.1, 0.15) is 0 Å². The van der Waals surface area contributed by atoms with Gasteiger partial charge in [-0.15, -0.1) is 0 Å². The Morgan fingerprint density at radius 3 is 2.83 bits per heavy atom. The van der Waals surface area contributed by atoms with Gasteiger partial charge in [-0.05, 0) is 36.6 Å². The second-order valence-corrected chi connectivity index (χ2v) is 5.40. The predicted octanol–water partition coefficient (Wildman–Crippen LogP) is 3.05. The van der Waals surface area contributed by atoms with E-state index >= 15 is 0 Å². The first-order valence-electron chi connectivity index (χ1n) is 6.10. The minimum absolute atomic E-state index is 0.897. The van der Waals surface area contributed by atoms with E-state index in [2.05, 4.69) is 64.6 Å². The summed E-state index contributed by atoms with van der Waals surface area (Å²) in [4.78, 5) is 0. The molecule has 2 rings (SSSR count). The van der Waals surface area contributed by atoms with Gasteiger partial charge in [0.25, 0.3) is 0 Å². The smallest absolute Gasteiger partial charge is 0.0534 e. The molecule has 1 aromatic carbocycles. The van der Waals surface area contributed by atoms with Crippen molar-refractivity contribution in [1.29, 1.82) is 0 Å². The molecule has 96 valence electrons. The Balaban J connectivity index is 1.76. The highest BCUT2D eigenvalue weighted by atomic mass is 79.9. The van der Waals surface area contributed by atoms with Crippen LogP contribution in [0, 0.1) is 13.8 Å². The highest BCUT2D eigenvalue weighted by Gasteiger charge is 1.98. The summed E-state index contributed by atoms with van der Waals surface area (Å²) in [5, 5.41) is 7.69. The molecule has 0 radical (unpaired) electrons. The van der Waals surface area contributed by atoms with E-state index in [-0.39, 0.29) is 0 Å². The van der Waals surface area contributed by atoms with Crippen LogP contribution in [0.15, 0.2) is 35.1 Å². The molecule has 0 aliphatic carbocycles. The molecule has 18 heavy (non-hydrogen) atoms. The summed E-state index contributed by atoms with van der Waals surface area (Å²) in [5.74, 6) is 0. The number of aryl methyl sites for hydroxylation is 2. The second kappa shape index (κ2) is 6.16. The molecular weight excluding hydrogens is 290 g/mol. The van der Waals surface area contributed by atoms with Gasteiger partial charge >= 0.3 is 0 Å². The summed E-state index contributed by atoms with van der Waals surface area (Å²) >= 11 is 3.51. The lowest BCUT2D eigenvalue weighted by Crippen LogP contribution is -2.19. The van der Waals surface area contributed by atoms with Gasteiger partial charge in [-0.2, -0.15) is 5.10 Å². The Kier molecular flexibility index (Phi) is 4.55. The van der Waals surface area contributed by atoms with Crippen molar-refractivity contribution in [2.24, 2.45) is 0 Å². The maximum Gasteiger partial charge on any atom is 0.0534 e. The van der Waals surface area contributed by atoms with Crippen LogP contribution in [0.4, 0.5) is 0 Å². The summed E-state index contributed by atoms with van der Waals surface area (Å²) in [6, 6.07) is 6.44. The SMILES string of the molecule is Cc1cnn(CCNCc2ccc(Br)c(C)c2)c1. The van der Waals surface area contributed by atoms with Crippen LogP contribution in [0.3, 0.4) is 0 Å². The van der Waals surface area contributed by atoms with Crippen molar-refractivity contribution in [3.05, 3.63) is 51.8 Å². The first-order valence-corrected chi connectivity index (χ1v) is 6.89. The summed E-state index contributed by atoms with van der Waals surface area (Å²) in [5.41, 5.74) is 3.79. The van der Waals surface area contributed by atoms with Crippen molar-refractivity contribution < 1.29 is 0 Å². The maximum absolute atomic E-state index is 4.26. The molecule has 0 atom stereocenters. The number of hydrogen-bond donors (Lipinski definition) is 1. The zero-order chi connectivity index (χ0) is 13.0. The van der Waals surface area contributed by atoms with Gasteiger partial charge in [-0.1, -0.05) is 28.1 Å². The molecule has 0 aliphatic heterocycles. The Morgan fingerprint density at radius 1 is 1.33 bits per heavy atom. The third-order valence-electron chi connectivity index (χ3n) is 2.83. The van der Waals surface area contributed by atoms with Gasteiger partial charge in [0, 0.05) is 23.8 Å². The van der Waals surface area contributed by atoms with Crippen LogP contribution in [-0.2, 0) is 13.1 Å². The third-order valence-corrected chi connectivity index (χ3v) is 3.72. The molecule has 0 aliphatic rings. The number of aromatic nitrogens is 2. The molecule has 0 saturated carbocycles. The summed E-state index contributed by atoms with van der Waals surface area (Å²) in [6.07, 6.45) is 3.95. The van der Waals surface area contributed by atoms with Gasteiger partial charge < -0.3 is 5.32 Å². The molecule has 2 aromatic rings. The summed E-state index contributed by atoms with van der Waals surface area (Å²) < 4.78 is 3.13. The maximum atomic E-state index is 4.26. The lowest BCUT2D eigenvalue weighted by atomic mass is 10.1. The Bertz CT molecular complexity index is 520. The van der Waals surface area contributed by atoms with Crippen LogP contribution >= 0.6 is 15.9 Å². The van der Waals surface area contributed by atoms with Crippen LogP contribution in [0.5, 0.6) is 0 Å². The molecule has 0 amide bonds. The summed E-state index contributed by atoms with van der Waals surface area (Å²) in [6.45, 7) is 6.90. The van der Waals surface area contributed by atoms with E-state index in [1.165, 1.54) is 21.2 Å². The Morgan fingerprint density at radius 2 is 2.17 bits per heavy atom. The van der Waals surface area contributed by atoms with Crippen molar-refractivity contribution >= 4 is 15.9 Å². The van der Waals surface area contributed by atoms with Gasteiger partial charge in [0.05, 0.1) is 12.7 Å². The van der Waals surface area contributed by atoms with Crippen molar-refractivity contribution in [2.75, 3.05) is 6.54 Å². The first kappa shape index (κ1) is 13.3. The van der Waals surface area contributed by atoms with E-state index in [0.717, 1.165) is 19.6 Å². The molecule has 1 N–H and O–H groups in total. The largest absolute Gasteiger partial charge is 0.311 e. The molecule has 0 saturated heterocycles. The Labute approximate surface area is 116 Å². The van der Waals surface area contributed by atoms with E-state index in [9.17, 15) is 0 Å². The molecule has 1 heterocycles. The van der Waals surface area contributed by atoms with Gasteiger partial charge in [-0.3, -0.25) is 4.68 Å². The van der Waals surface area contributed by atoms with Gasteiger partial charge in [-0.25, -0.2) is 0 Å². The first-order chi connectivity index (χ1) is 8.65. The molecule has 0 unspecified atom stereocenters. The van der Waals surface area contributed by atoms with E-state index in [1.54, 1.807) is 0 Å². The van der Waals surface area contributed by atoms with Crippen LogP contribution in [0.25, 0.3) is 0 Å². The van der Waals surface area contributed by atoms with Crippen LogP contribution in [-0.4, -0.2) is 16.3 Å². The van der Waals surface area contributed by atoms with E-state index in [0.29, 0.717) is 0 Å². The molecule has 1 aromatic heterocycles. The average molecular weight is 308 g/mol. The zero-order valence-electron chi connectivity index (χ0n) is 10.8. The lowest BCUT2D eigenvalue weighted by molar-refractivity contribution is 0.554. The minimum atomic E-state index is 0.897. The fraction of sp³-hybridized carbons (Fsp3) is 0.357. The minimum Gasteiger partial charge on any atom is -0.311 e. The lowest BCUT2D eigenvalue weighted by Gasteiger charge is -2.07. The molecule has 0 fully saturated rings. The normalized spacial score (nSPS) is 10.8. The second-order valence-electron chi connectivity index (χ2n) is 4.54. The van der Waals surface area contributed by atoms with Crippen LogP contribution in [0.2, 0.25) is 0 Å². The number of nitrogens with one attached hydrogen (secondary N) is 1. The highest BCUT2D eigenvalue weighted by Crippen LogP contribution is 2.16. The molecule has 0 spiro atoms.